The number of aromatic hydroxyl groups is 1. The SMILES string of the molecule is CSc1ccc(CN(CCO)Cc2nc(C)ccc2O)cc1. The van der Waals surface area contributed by atoms with Crippen LogP contribution in [0.25, 0.3) is 0 Å². The van der Waals surface area contributed by atoms with Crippen molar-refractivity contribution in [2.45, 2.75) is 24.9 Å². The molecule has 1 heterocycles. The zero-order chi connectivity index (χ0) is 15.9. The number of aromatic nitrogens is 1. The van der Waals surface area contributed by atoms with Crippen LogP contribution in [0.5, 0.6) is 5.75 Å². The monoisotopic (exact) mass is 318 g/mol. The van der Waals surface area contributed by atoms with Crippen molar-refractivity contribution in [2.24, 2.45) is 0 Å². The van der Waals surface area contributed by atoms with Crippen molar-refractivity contribution in [1.82, 2.24) is 9.88 Å². The van der Waals surface area contributed by atoms with E-state index in [1.807, 2.05) is 6.92 Å². The van der Waals surface area contributed by atoms with Gasteiger partial charge in [-0.2, -0.15) is 0 Å². The van der Waals surface area contributed by atoms with Crippen LogP contribution in [0.4, 0.5) is 0 Å². The third-order valence-electron chi connectivity index (χ3n) is 3.44. The molecule has 0 unspecified atom stereocenters. The quantitative estimate of drug-likeness (QED) is 0.769. The van der Waals surface area contributed by atoms with Gasteiger partial charge in [0, 0.05) is 30.2 Å². The molecule has 0 aliphatic carbocycles. The lowest BCUT2D eigenvalue weighted by atomic mass is 10.2. The van der Waals surface area contributed by atoms with Crippen LogP contribution in [0.15, 0.2) is 41.3 Å². The first-order valence-electron chi connectivity index (χ1n) is 7.24. The molecule has 2 rings (SSSR count). The Labute approximate surface area is 135 Å². The standard InChI is InChI=1S/C17H22N2O2S/c1-13-3-8-17(21)16(18-13)12-19(9-10-20)11-14-4-6-15(22-2)7-5-14/h3-8,20-21H,9-12H2,1-2H3. The summed E-state index contributed by atoms with van der Waals surface area (Å²) in [6, 6.07) is 11.8. The minimum atomic E-state index is 0.0788. The Balaban J connectivity index is 2.10. The Morgan fingerprint density at radius 1 is 1.09 bits per heavy atom. The number of thioether (sulfide) groups is 1. The van der Waals surface area contributed by atoms with Gasteiger partial charge in [0.15, 0.2) is 0 Å². The van der Waals surface area contributed by atoms with Gasteiger partial charge in [0.05, 0.1) is 12.3 Å². The van der Waals surface area contributed by atoms with Crippen molar-refractivity contribution >= 4 is 11.8 Å². The average molecular weight is 318 g/mol. The van der Waals surface area contributed by atoms with E-state index >= 15 is 0 Å². The zero-order valence-electron chi connectivity index (χ0n) is 13.0. The largest absolute Gasteiger partial charge is 0.506 e. The van der Waals surface area contributed by atoms with Crippen LogP contribution in [0, 0.1) is 6.92 Å². The van der Waals surface area contributed by atoms with Crippen molar-refractivity contribution in [3.05, 3.63) is 53.3 Å². The van der Waals surface area contributed by atoms with Gasteiger partial charge in [0.1, 0.15) is 5.75 Å². The molecular formula is C17H22N2O2S. The summed E-state index contributed by atoms with van der Waals surface area (Å²) in [6.45, 7) is 3.75. The molecule has 22 heavy (non-hydrogen) atoms. The van der Waals surface area contributed by atoms with Gasteiger partial charge in [0.2, 0.25) is 0 Å². The molecule has 0 radical (unpaired) electrons. The summed E-state index contributed by atoms with van der Waals surface area (Å²) in [4.78, 5) is 7.70. The Morgan fingerprint density at radius 2 is 1.82 bits per heavy atom. The molecule has 0 aliphatic rings. The molecule has 1 aromatic heterocycles. The Hall–Kier alpha value is -1.56. The number of aryl methyl sites for hydroxylation is 1. The van der Waals surface area contributed by atoms with Gasteiger partial charge >= 0.3 is 0 Å². The lowest BCUT2D eigenvalue weighted by Gasteiger charge is -2.21. The van der Waals surface area contributed by atoms with Gasteiger partial charge < -0.3 is 10.2 Å². The van der Waals surface area contributed by atoms with E-state index in [0.29, 0.717) is 25.3 Å². The van der Waals surface area contributed by atoms with E-state index in [0.717, 1.165) is 5.69 Å². The minimum absolute atomic E-state index is 0.0788. The molecule has 0 amide bonds. The molecule has 0 saturated heterocycles. The number of nitrogens with zero attached hydrogens (tertiary/aromatic N) is 2. The van der Waals surface area contributed by atoms with E-state index < -0.39 is 0 Å². The third-order valence-corrected chi connectivity index (χ3v) is 4.19. The summed E-state index contributed by atoms with van der Waals surface area (Å²) >= 11 is 1.72. The molecule has 5 heteroatoms. The summed E-state index contributed by atoms with van der Waals surface area (Å²) in [5.41, 5.74) is 2.70. The Morgan fingerprint density at radius 3 is 2.45 bits per heavy atom. The number of aliphatic hydroxyl groups is 1. The van der Waals surface area contributed by atoms with E-state index in [1.54, 1.807) is 23.9 Å². The fraction of sp³-hybridized carbons (Fsp3) is 0.353. The molecule has 4 nitrogen and oxygen atoms in total. The van der Waals surface area contributed by atoms with Gasteiger partial charge in [0.25, 0.3) is 0 Å². The van der Waals surface area contributed by atoms with Crippen LogP contribution in [0.3, 0.4) is 0 Å². The van der Waals surface area contributed by atoms with E-state index in [9.17, 15) is 10.2 Å². The summed E-state index contributed by atoms with van der Waals surface area (Å²) in [6.07, 6.45) is 2.05. The highest BCUT2D eigenvalue weighted by Crippen LogP contribution is 2.19. The maximum absolute atomic E-state index is 9.93. The lowest BCUT2D eigenvalue weighted by molar-refractivity contribution is 0.181. The normalized spacial score (nSPS) is 11.1. The molecule has 0 aliphatic heterocycles. The van der Waals surface area contributed by atoms with Crippen molar-refractivity contribution < 1.29 is 10.2 Å². The van der Waals surface area contributed by atoms with E-state index in [-0.39, 0.29) is 12.4 Å². The molecule has 0 bridgehead atoms. The second-order valence-electron chi connectivity index (χ2n) is 5.20. The molecule has 118 valence electrons. The minimum Gasteiger partial charge on any atom is -0.506 e. The van der Waals surface area contributed by atoms with Gasteiger partial charge in [-0.25, -0.2) is 0 Å². The molecular weight excluding hydrogens is 296 g/mol. The Bertz CT molecular complexity index is 602. The highest BCUT2D eigenvalue weighted by atomic mass is 32.2. The summed E-state index contributed by atoms with van der Waals surface area (Å²) in [5.74, 6) is 0.200. The van der Waals surface area contributed by atoms with Crippen LogP contribution in [-0.4, -0.2) is 39.5 Å². The molecule has 1 aromatic carbocycles. The van der Waals surface area contributed by atoms with Crippen LogP contribution in [0.2, 0.25) is 0 Å². The van der Waals surface area contributed by atoms with Crippen LogP contribution in [-0.2, 0) is 13.1 Å². The maximum atomic E-state index is 9.93. The second-order valence-corrected chi connectivity index (χ2v) is 6.08. The first-order chi connectivity index (χ1) is 10.6. The molecule has 2 N–H and O–H groups in total. The fourth-order valence-corrected chi connectivity index (χ4v) is 2.68. The third kappa shape index (κ3) is 4.73. The highest BCUT2D eigenvalue weighted by molar-refractivity contribution is 7.98. The van der Waals surface area contributed by atoms with Crippen LogP contribution in [0.1, 0.15) is 17.0 Å². The molecule has 0 atom stereocenters. The molecule has 2 aromatic rings. The molecule has 0 fully saturated rings. The van der Waals surface area contributed by atoms with Crippen molar-refractivity contribution in [1.29, 1.82) is 0 Å². The van der Waals surface area contributed by atoms with E-state index in [1.165, 1.54) is 10.5 Å². The number of benzene rings is 1. The summed E-state index contributed by atoms with van der Waals surface area (Å²) < 4.78 is 0. The van der Waals surface area contributed by atoms with Crippen LogP contribution >= 0.6 is 11.8 Å². The summed E-state index contributed by atoms with van der Waals surface area (Å²) in [5, 5.41) is 19.2. The van der Waals surface area contributed by atoms with Crippen molar-refractivity contribution in [3.8, 4) is 5.75 Å². The zero-order valence-corrected chi connectivity index (χ0v) is 13.8. The van der Waals surface area contributed by atoms with Gasteiger partial charge in [-0.15, -0.1) is 11.8 Å². The summed E-state index contributed by atoms with van der Waals surface area (Å²) in [7, 11) is 0. The van der Waals surface area contributed by atoms with Crippen LogP contribution < -0.4 is 0 Å². The number of aliphatic hydroxyl groups excluding tert-OH is 1. The second kappa shape index (κ2) is 8.17. The number of rotatable bonds is 7. The maximum Gasteiger partial charge on any atom is 0.138 e. The number of pyridine rings is 1. The predicted molar refractivity (Wildman–Crippen MR) is 90.1 cm³/mol. The highest BCUT2D eigenvalue weighted by Gasteiger charge is 2.11. The molecule has 0 saturated carbocycles. The lowest BCUT2D eigenvalue weighted by Crippen LogP contribution is -2.26. The predicted octanol–water partition coefficient (Wildman–Crippen LogP) is 2.81. The van der Waals surface area contributed by atoms with E-state index in [4.69, 9.17) is 0 Å². The number of hydrogen-bond acceptors (Lipinski definition) is 5. The Kier molecular flexibility index (Phi) is 6.24. The van der Waals surface area contributed by atoms with Gasteiger partial charge in [-0.3, -0.25) is 9.88 Å². The first-order valence-corrected chi connectivity index (χ1v) is 8.46. The molecule has 0 spiro atoms. The first kappa shape index (κ1) is 16.8. The number of hydrogen-bond donors (Lipinski definition) is 2. The average Bonchev–Trinajstić information content (AvgIpc) is 2.52. The van der Waals surface area contributed by atoms with E-state index in [2.05, 4.69) is 40.4 Å². The van der Waals surface area contributed by atoms with Crippen molar-refractivity contribution in [3.63, 3.8) is 0 Å². The van der Waals surface area contributed by atoms with Gasteiger partial charge in [-0.05, 0) is 43.0 Å². The fourth-order valence-electron chi connectivity index (χ4n) is 2.28. The topological polar surface area (TPSA) is 56.6 Å². The van der Waals surface area contributed by atoms with Gasteiger partial charge in [-0.1, -0.05) is 12.1 Å². The van der Waals surface area contributed by atoms with Crippen molar-refractivity contribution in [2.75, 3.05) is 19.4 Å². The smallest absolute Gasteiger partial charge is 0.138 e.